The molecule has 2 aromatic rings. The minimum absolute atomic E-state index is 0.0461. The molecule has 0 saturated heterocycles. The number of pyridine rings is 1. The van der Waals surface area contributed by atoms with Crippen LogP contribution in [0.4, 0.5) is 14.6 Å². The van der Waals surface area contributed by atoms with Crippen molar-refractivity contribution in [2.24, 2.45) is 0 Å². The van der Waals surface area contributed by atoms with E-state index in [9.17, 15) is 13.6 Å². The Bertz CT molecular complexity index is 660. The van der Waals surface area contributed by atoms with E-state index < -0.39 is 12.5 Å². The molecule has 1 amide bonds. The van der Waals surface area contributed by atoms with Crippen LogP contribution in [0, 0.1) is 6.92 Å². The number of aryl methyl sites for hydroxylation is 1. The summed E-state index contributed by atoms with van der Waals surface area (Å²) in [7, 11) is 1.30. The van der Waals surface area contributed by atoms with E-state index in [0.717, 1.165) is 5.56 Å². The van der Waals surface area contributed by atoms with E-state index in [-0.39, 0.29) is 17.1 Å². The number of rotatable bonds is 5. The minimum Gasteiger partial charge on any atom is -0.493 e. The normalized spacial score (nSPS) is 10.4. The molecule has 7 heteroatoms. The van der Waals surface area contributed by atoms with E-state index in [1.54, 1.807) is 12.3 Å². The number of amides is 1. The molecular formula is C15H14F2N2O3. The second-order valence-corrected chi connectivity index (χ2v) is 4.42. The molecule has 1 heterocycles. The van der Waals surface area contributed by atoms with E-state index in [0.29, 0.717) is 5.82 Å². The molecule has 0 radical (unpaired) electrons. The fraction of sp³-hybridized carbons (Fsp3) is 0.200. The van der Waals surface area contributed by atoms with Gasteiger partial charge in [0.2, 0.25) is 0 Å². The van der Waals surface area contributed by atoms with Gasteiger partial charge in [0.05, 0.1) is 7.11 Å². The Hall–Kier alpha value is -2.70. The number of hydrogen-bond acceptors (Lipinski definition) is 4. The van der Waals surface area contributed by atoms with Crippen LogP contribution in [0.15, 0.2) is 36.5 Å². The standard InChI is InChI=1S/C15H14F2N2O3/c1-9-3-6-13(18-8-9)19-14(20)10-4-5-11(22-15(16)17)12(7-10)21-2/h3-8,15H,1-2H3,(H,18,19,20). The maximum atomic E-state index is 12.3. The zero-order chi connectivity index (χ0) is 16.1. The highest BCUT2D eigenvalue weighted by molar-refractivity contribution is 6.04. The number of ether oxygens (including phenoxy) is 2. The van der Waals surface area contributed by atoms with Crippen molar-refractivity contribution in [3.8, 4) is 11.5 Å². The summed E-state index contributed by atoms with van der Waals surface area (Å²) >= 11 is 0. The lowest BCUT2D eigenvalue weighted by molar-refractivity contribution is -0.0512. The molecule has 1 aromatic carbocycles. The number of nitrogens with zero attached hydrogens (tertiary/aromatic N) is 1. The summed E-state index contributed by atoms with van der Waals surface area (Å²) < 4.78 is 33.8. The summed E-state index contributed by atoms with van der Waals surface area (Å²) in [6.07, 6.45) is 1.62. The highest BCUT2D eigenvalue weighted by atomic mass is 19.3. The van der Waals surface area contributed by atoms with E-state index in [2.05, 4.69) is 15.0 Å². The zero-order valence-corrected chi connectivity index (χ0v) is 12.0. The Balaban J connectivity index is 2.17. The minimum atomic E-state index is -2.97. The molecule has 116 valence electrons. The zero-order valence-electron chi connectivity index (χ0n) is 12.0. The molecule has 0 atom stereocenters. The number of anilines is 1. The summed E-state index contributed by atoms with van der Waals surface area (Å²) in [6.45, 7) is -1.09. The van der Waals surface area contributed by atoms with E-state index in [4.69, 9.17) is 4.74 Å². The number of methoxy groups -OCH3 is 1. The van der Waals surface area contributed by atoms with Crippen LogP contribution in [0.5, 0.6) is 11.5 Å². The number of aromatic nitrogens is 1. The van der Waals surface area contributed by atoms with E-state index >= 15 is 0 Å². The van der Waals surface area contributed by atoms with Crippen LogP contribution in [0.2, 0.25) is 0 Å². The lowest BCUT2D eigenvalue weighted by Gasteiger charge is -2.11. The fourth-order valence-electron chi connectivity index (χ4n) is 1.73. The van der Waals surface area contributed by atoms with Gasteiger partial charge in [0.1, 0.15) is 5.82 Å². The number of nitrogens with one attached hydrogen (secondary N) is 1. The Morgan fingerprint density at radius 3 is 2.59 bits per heavy atom. The molecule has 1 aromatic heterocycles. The number of halogens is 2. The van der Waals surface area contributed by atoms with Gasteiger partial charge in [-0.15, -0.1) is 0 Å². The van der Waals surface area contributed by atoms with Crippen molar-refractivity contribution in [1.82, 2.24) is 4.98 Å². The monoisotopic (exact) mass is 308 g/mol. The molecule has 0 saturated carbocycles. The van der Waals surface area contributed by atoms with Gasteiger partial charge in [-0.2, -0.15) is 8.78 Å². The molecule has 2 rings (SSSR count). The number of alkyl halides is 2. The SMILES string of the molecule is COc1cc(C(=O)Nc2ccc(C)cn2)ccc1OC(F)F. The molecule has 0 bridgehead atoms. The molecule has 0 aliphatic heterocycles. The predicted molar refractivity (Wildman–Crippen MR) is 76.6 cm³/mol. The van der Waals surface area contributed by atoms with E-state index in [1.807, 2.05) is 13.0 Å². The first kappa shape index (κ1) is 15.7. The summed E-state index contributed by atoms with van der Waals surface area (Å²) in [5, 5.41) is 2.60. The Morgan fingerprint density at radius 1 is 1.23 bits per heavy atom. The molecule has 22 heavy (non-hydrogen) atoms. The number of carbonyl (C=O) groups is 1. The third-order valence-electron chi connectivity index (χ3n) is 2.79. The topological polar surface area (TPSA) is 60.5 Å². The van der Waals surface area contributed by atoms with Gasteiger partial charge in [0.15, 0.2) is 11.5 Å². The fourth-order valence-corrected chi connectivity index (χ4v) is 1.73. The second kappa shape index (κ2) is 6.84. The van der Waals surface area contributed by atoms with Crippen LogP contribution in [0.1, 0.15) is 15.9 Å². The molecule has 0 aliphatic rings. The van der Waals surface area contributed by atoms with Gasteiger partial charge < -0.3 is 14.8 Å². The highest BCUT2D eigenvalue weighted by Crippen LogP contribution is 2.29. The smallest absolute Gasteiger partial charge is 0.387 e. The van der Waals surface area contributed by atoms with Crippen LogP contribution >= 0.6 is 0 Å². The van der Waals surface area contributed by atoms with Crippen LogP contribution in [0.3, 0.4) is 0 Å². The molecular weight excluding hydrogens is 294 g/mol. The number of benzene rings is 1. The highest BCUT2D eigenvalue weighted by Gasteiger charge is 2.14. The first-order chi connectivity index (χ1) is 10.5. The van der Waals surface area contributed by atoms with Crippen molar-refractivity contribution in [2.45, 2.75) is 13.5 Å². The number of carbonyl (C=O) groups excluding carboxylic acids is 1. The maximum Gasteiger partial charge on any atom is 0.387 e. The maximum absolute atomic E-state index is 12.3. The van der Waals surface area contributed by atoms with Crippen molar-refractivity contribution in [1.29, 1.82) is 0 Å². The van der Waals surface area contributed by atoms with Gasteiger partial charge >= 0.3 is 6.61 Å². The Kier molecular flexibility index (Phi) is 4.88. The molecule has 0 fully saturated rings. The Morgan fingerprint density at radius 2 is 2.00 bits per heavy atom. The van der Waals surface area contributed by atoms with Crippen LogP contribution in [0.25, 0.3) is 0 Å². The molecule has 5 nitrogen and oxygen atoms in total. The van der Waals surface area contributed by atoms with Crippen molar-refractivity contribution in [3.05, 3.63) is 47.7 Å². The summed E-state index contributed by atoms with van der Waals surface area (Å²) in [5.41, 5.74) is 1.20. The average molecular weight is 308 g/mol. The number of hydrogen-bond donors (Lipinski definition) is 1. The van der Waals surface area contributed by atoms with Crippen molar-refractivity contribution < 1.29 is 23.0 Å². The van der Waals surface area contributed by atoms with Crippen LogP contribution < -0.4 is 14.8 Å². The van der Waals surface area contributed by atoms with Crippen molar-refractivity contribution in [2.75, 3.05) is 12.4 Å². The van der Waals surface area contributed by atoms with Gasteiger partial charge in [-0.05, 0) is 36.8 Å². The summed E-state index contributed by atoms with van der Waals surface area (Å²) in [6, 6.07) is 7.41. The van der Waals surface area contributed by atoms with Crippen LogP contribution in [-0.4, -0.2) is 24.6 Å². The van der Waals surface area contributed by atoms with Crippen molar-refractivity contribution >= 4 is 11.7 Å². The largest absolute Gasteiger partial charge is 0.493 e. The first-order valence-corrected chi connectivity index (χ1v) is 6.36. The molecule has 0 unspecified atom stereocenters. The third kappa shape index (κ3) is 3.91. The molecule has 0 spiro atoms. The average Bonchev–Trinajstić information content (AvgIpc) is 2.49. The molecule has 0 aliphatic carbocycles. The first-order valence-electron chi connectivity index (χ1n) is 6.36. The third-order valence-corrected chi connectivity index (χ3v) is 2.79. The lowest BCUT2D eigenvalue weighted by Crippen LogP contribution is -2.13. The lowest BCUT2D eigenvalue weighted by atomic mass is 10.2. The quantitative estimate of drug-likeness (QED) is 0.921. The summed E-state index contributed by atoms with van der Waals surface area (Å²) in [5.74, 6) is -0.131. The molecule has 1 N–H and O–H groups in total. The van der Waals surface area contributed by atoms with Gasteiger partial charge in [-0.1, -0.05) is 6.07 Å². The van der Waals surface area contributed by atoms with Gasteiger partial charge in [0, 0.05) is 11.8 Å². The van der Waals surface area contributed by atoms with Crippen LogP contribution in [-0.2, 0) is 0 Å². The van der Waals surface area contributed by atoms with E-state index in [1.165, 1.54) is 25.3 Å². The van der Waals surface area contributed by atoms with Gasteiger partial charge in [-0.3, -0.25) is 4.79 Å². The summed E-state index contributed by atoms with van der Waals surface area (Å²) in [4.78, 5) is 16.2. The predicted octanol–water partition coefficient (Wildman–Crippen LogP) is 3.25. The Labute approximate surface area is 125 Å². The van der Waals surface area contributed by atoms with Gasteiger partial charge in [-0.25, -0.2) is 4.98 Å². The van der Waals surface area contributed by atoms with Gasteiger partial charge in [0.25, 0.3) is 5.91 Å². The second-order valence-electron chi connectivity index (χ2n) is 4.42. The van der Waals surface area contributed by atoms with Crippen molar-refractivity contribution in [3.63, 3.8) is 0 Å².